The predicted molar refractivity (Wildman–Crippen MR) is 117 cm³/mol. The van der Waals surface area contributed by atoms with E-state index in [9.17, 15) is 14.4 Å². The predicted octanol–water partition coefficient (Wildman–Crippen LogP) is 4.57. The van der Waals surface area contributed by atoms with Gasteiger partial charge in [0.05, 0.1) is 19.4 Å². The van der Waals surface area contributed by atoms with Crippen LogP contribution in [0.3, 0.4) is 0 Å². The number of carbonyl (C=O) groups excluding carboxylic acids is 3. The van der Waals surface area contributed by atoms with Crippen LogP contribution < -0.4 is 19.7 Å². The molecule has 0 unspecified atom stereocenters. The van der Waals surface area contributed by atoms with Crippen LogP contribution in [0.1, 0.15) is 18.9 Å². The van der Waals surface area contributed by atoms with Gasteiger partial charge in [-0.3, -0.25) is 14.9 Å². The van der Waals surface area contributed by atoms with E-state index in [-0.39, 0.29) is 5.57 Å². The maximum atomic E-state index is 13.0. The molecule has 0 spiro atoms. The molecule has 156 valence electrons. The lowest BCUT2D eigenvalue weighted by Crippen LogP contribution is -2.54. The van der Waals surface area contributed by atoms with Crippen molar-refractivity contribution >= 4 is 57.1 Å². The van der Waals surface area contributed by atoms with Crippen molar-refractivity contribution in [1.82, 2.24) is 5.32 Å². The number of ether oxygens (including phenoxy) is 2. The normalized spacial score (nSPS) is 15.4. The van der Waals surface area contributed by atoms with Crippen LogP contribution in [0.5, 0.6) is 11.5 Å². The molecular weight excluding hydrogens is 476 g/mol. The van der Waals surface area contributed by atoms with Crippen molar-refractivity contribution < 1.29 is 23.9 Å². The number of anilines is 1. The minimum atomic E-state index is -0.829. The molecule has 2 aromatic carbocycles. The first kappa shape index (κ1) is 21.9. The first-order valence-corrected chi connectivity index (χ1v) is 10.2. The number of nitrogens with one attached hydrogen (secondary N) is 1. The van der Waals surface area contributed by atoms with Crippen LogP contribution in [0.4, 0.5) is 10.5 Å². The smallest absolute Gasteiger partial charge is 0.335 e. The number of barbiturate groups is 1. The standard InChI is InChI=1S/C21H18BrClN2O5/c1-3-8-30-18-11-16(22)12(10-17(18)29-2)9-15-19(26)24-21(28)25(20(15)27)14-6-4-13(23)5-7-14/h4-7,9-11H,3,8H2,1-2H3,(H,24,26,28). The van der Waals surface area contributed by atoms with Crippen LogP contribution >= 0.6 is 27.5 Å². The van der Waals surface area contributed by atoms with Gasteiger partial charge < -0.3 is 9.47 Å². The van der Waals surface area contributed by atoms with Crippen molar-refractivity contribution in [3.8, 4) is 11.5 Å². The zero-order valence-corrected chi connectivity index (χ0v) is 18.5. The SMILES string of the molecule is CCCOc1cc(Br)c(C=C2C(=O)NC(=O)N(c3ccc(Cl)cc3)C2=O)cc1OC. The molecule has 1 aliphatic rings. The van der Waals surface area contributed by atoms with Gasteiger partial charge in [0.15, 0.2) is 11.5 Å². The summed E-state index contributed by atoms with van der Waals surface area (Å²) in [5.74, 6) is -0.547. The summed E-state index contributed by atoms with van der Waals surface area (Å²) in [7, 11) is 1.50. The molecule has 7 nitrogen and oxygen atoms in total. The van der Waals surface area contributed by atoms with Crippen LogP contribution in [0.15, 0.2) is 46.4 Å². The Hall–Kier alpha value is -2.84. The van der Waals surface area contributed by atoms with Crippen LogP contribution in [-0.4, -0.2) is 31.6 Å². The van der Waals surface area contributed by atoms with Crippen LogP contribution in [0.2, 0.25) is 5.02 Å². The molecule has 0 atom stereocenters. The van der Waals surface area contributed by atoms with Gasteiger partial charge in [-0.25, -0.2) is 9.69 Å². The van der Waals surface area contributed by atoms with Gasteiger partial charge >= 0.3 is 6.03 Å². The summed E-state index contributed by atoms with van der Waals surface area (Å²) in [4.78, 5) is 38.5. The monoisotopic (exact) mass is 492 g/mol. The Bertz CT molecular complexity index is 1040. The van der Waals surface area contributed by atoms with Gasteiger partial charge in [0.2, 0.25) is 0 Å². The lowest BCUT2D eigenvalue weighted by molar-refractivity contribution is -0.122. The van der Waals surface area contributed by atoms with Crippen molar-refractivity contribution in [2.24, 2.45) is 0 Å². The number of halogens is 2. The minimum absolute atomic E-state index is 0.200. The Morgan fingerprint density at radius 3 is 2.47 bits per heavy atom. The molecule has 0 bridgehead atoms. The molecule has 1 N–H and O–H groups in total. The third-order valence-corrected chi connectivity index (χ3v) is 5.17. The Morgan fingerprint density at radius 2 is 1.83 bits per heavy atom. The molecule has 0 aromatic heterocycles. The lowest BCUT2D eigenvalue weighted by atomic mass is 10.1. The average molecular weight is 494 g/mol. The van der Waals surface area contributed by atoms with Crippen molar-refractivity contribution in [3.05, 3.63) is 57.0 Å². The first-order valence-electron chi connectivity index (χ1n) is 9.03. The highest BCUT2D eigenvalue weighted by molar-refractivity contribution is 9.10. The van der Waals surface area contributed by atoms with Crippen molar-refractivity contribution in [2.75, 3.05) is 18.6 Å². The fourth-order valence-electron chi connectivity index (χ4n) is 2.78. The summed E-state index contributed by atoms with van der Waals surface area (Å²) in [6.45, 7) is 2.50. The fraction of sp³-hybridized carbons (Fsp3) is 0.190. The van der Waals surface area contributed by atoms with E-state index < -0.39 is 17.8 Å². The van der Waals surface area contributed by atoms with E-state index >= 15 is 0 Å². The van der Waals surface area contributed by atoms with E-state index in [2.05, 4.69) is 21.2 Å². The number of benzene rings is 2. The first-order chi connectivity index (χ1) is 14.3. The molecule has 0 radical (unpaired) electrons. The van der Waals surface area contributed by atoms with Crippen molar-refractivity contribution in [1.29, 1.82) is 0 Å². The molecule has 0 saturated carbocycles. The van der Waals surface area contributed by atoms with Gasteiger partial charge in [0.25, 0.3) is 11.8 Å². The average Bonchev–Trinajstić information content (AvgIpc) is 2.71. The van der Waals surface area contributed by atoms with Crippen molar-refractivity contribution in [3.63, 3.8) is 0 Å². The van der Waals surface area contributed by atoms with E-state index in [1.165, 1.54) is 25.3 Å². The number of methoxy groups -OCH3 is 1. The highest BCUT2D eigenvalue weighted by Crippen LogP contribution is 2.35. The quantitative estimate of drug-likeness (QED) is 0.471. The number of hydrogen-bond acceptors (Lipinski definition) is 5. The fourth-order valence-corrected chi connectivity index (χ4v) is 3.35. The second kappa shape index (κ2) is 9.32. The van der Waals surface area contributed by atoms with Crippen LogP contribution in [0.25, 0.3) is 6.08 Å². The third kappa shape index (κ3) is 4.49. The zero-order chi connectivity index (χ0) is 21.8. The molecule has 1 fully saturated rings. The molecule has 3 rings (SSSR count). The lowest BCUT2D eigenvalue weighted by Gasteiger charge is -2.26. The van der Waals surface area contributed by atoms with Crippen LogP contribution in [-0.2, 0) is 9.59 Å². The number of rotatable bonds is 6. The molecule has 9 heteroatoms. The third-order valence-electron chi connectivity index (χ3n) is 4.23. The highest BCUT2D eigenvalue weighted by atomic mass is 79.9. The van der Waals surface area contributed by atoms with E-state index in [0.717, 1.165) is 11.3 Å². The maximum Gasteiger partial charge on any atom is 0.335 e. The summed E-state index contributed by atoms with van der Waals surface area (Å²) in [6.07, 6.45) is 2.22. The van der Waals surface area contributed by atoms with Gasteiger partial charge in [-0.15, -0.1) is 0 Å². The van der Waals surface area contributed by atoms with E-state index in [1.807, 2.05) is 6.92 Å². The van der Waals surface area contributed by atoms with Crippen molar-refractivity contribution in [2.45, 2.75) is 13.3 Å². The summed E-state index contributed by atoms with van der Waals surface area (Å²) in [5, 5.41) is 2.64. The molecular formula is C21H18BrClN2O5. The summed E-state index contributed by atoms with van der Waals surface area (Å²) in [6, 6.07) is 8.66. The Morgan fingerprint density at radius 1 is 1.13 bits per heavy atom. The number of nitrogens with zero attached hydrogens (tertiary/aromatic N) is 1. The summed E-state index contributed by atoms with van der Waals surface area (Å²) < 4.78 is 11.6. The second-order valence-electron chi connectivity index (χ2n) is 6.31. The topological polar surface area (TPSA) is 84.9 Å². The number of amides is 4. The van der Waals surface area contributed by atoms with Gasteiger partial charge in [-0.2, -0.15) is 0 Å². The van der Waals surface area contributed by atoms with Crippen LogP contribution in [0, 0.1) is 0 Å². The molecule has 1 heterocycles. The molecule has 2 aromatic rings. The number of hydrogen-bond donors (Lipinski definition) is 1. The molecule has 1 aliphatic heterocycles. The maximum absolute atomic E-state index is 13.0. The Balaban J connectivity index is 2.01. The second-order valence-corrected chi connectivity index (χ2v) is 7.60. The Labute approximate surface area is 186 Å². The van der Waals surface area contributed by atoms with E-state index in [4.69, 9.17) is 21.1 Å². The minimum Gasteiger partial charge on any atom is -0.493 e. The number of imide groups is 2. The largest absolute Gasteiger partial charge is 0.493 e. The number of carbonyl (C=O) groups is 3. The Kier molecular flexibility index (Phi) is 6.79. The summed E-state index contributed by atoms with van der Waals surface area (Å²) >= 11 is 9.31. The number of urea groups is 1. The zero-order valence-electron chi connectivity index (χ0n) is 16.2. The molecule has 1 saturated heterocycles. The van der Waals surface area contributed by atoms with E-state index in [1.54, 1.807) is 24.3 Å². The van der Waals surface area contributed by atoms with E-state index in [0.29, 0.717) is 38.9 Å². The molecule has 0 aliphatic carbocycles. The van der Waals surface area contributed by atoms with Gasteiger partial charge in [0, 0.05) is 9.50 Å². The summed E-state index contributed by atoms with van der Waals surface area (Å²) in [5.41, 5.74) is 0.606. The van der Waals surface area contributed by atoms with Gasteiger partial charge in [-0.05, 0) is 54.5 Å². The molecule has 30 heavy (non-hydrogen) atoms. The molecule has 4 amide bonds. The van der Waals surface area contributed by atoms with Gasteiger partial charge in [-0.1, -0.05) is 34.5 Å². The highest BCUT2D eigenvalue weighted by Gasteiger charge is 2.37. The van der Waals surface area contributed by atoms with Gasteiger partial charge in [0.1, 0.15) is 5.57 Å².